The molecule has 1 fully saturated rings. The number of aliphatic hydroxyl groups is 1. The Hall–Kier alpha value is -1.40. The fraction of sp³-hybridized carbons (Fsp3) is 0.600. The maximum absolute atomic E-state index is 11.5. The van der Waals surface area contributed by atoms with E-state index in [9.17, 15) is 9.59 Å². The molecule has 16 heavy (non-hydrogen) atoms. The van der Waals surface area contributed by atoms with Crippen LogP contribution in [0.2, 0.25) is 0 Å². The molecule has 0 aliphatic carbocycles. The van der Waals surface area contributed by atoms with Gasteiger partial charge in [-0.25, -0.2) is 4.79 Å². The number of nitrogens with one attached hydrogen (secondary N) is 1. The number of rotatable bonds is 2. The molecule has 2 N–H and O–H groups in total. The molecule has 1 saturated heterocycles. The molecule has 0 amide bonds. The largest absolute Gasteiger partial charge is 0.394 e. The lowest BCUT2D eigenvalue weighted by molar-refractivity contribution is -0.230. The third kappa shape index (κ3) is 1.60. The van der Waals surface area contributed by atoms with Gasteiger partial charge >= 0.3 is 5.69 Å². The second kappa shape index (κ2) is 3.88. The Kier molecular flexibility index (Phi) is 2.69. The van der Waals surface area contributed by atoms with Crippen LogP contribution in [0, 0.1) is 12.8 Å². The number of H-pyrrole nitrogens is 1. The first-order valence-corrected chi connectivity index (χ1v) is 5.13. The molecule has 0 bridgehead atoms. The number of hydrogen-bond donors (Lipinski definition) is 2. The summed E-state index contributed by atoms with van der Waals surface area (Å²) in [6.45, 7) is 3.46. The van der Waals surface area contributed by atoms with Crippen molar-refractivity contribution in [2.24, 2.45) is 5.92 Å². The second-order valence-corrected chi connectivity index (χ2v) is 4.09. The molecule has 0 radical (unpaired) electrons. The van der Waals surface area contributed by atoms with E-state index in [0.29, 0.717) is 5.56 Å². The Bertz CT molecular complexity index is 504. The van der Waals surface area contributed by atoms with Crippen molar-refractivity contribution in [2.45, 2.75) is 26.2 Å². The highest BCUT2D eigenvalue weighted by molar-refractivity contribution is 5.02. The first-order chi connectivity index (χ1) is 7.54. The summed E-state index contributed by atoms with van der Waals surface area (Å²) >= 11 is 0. The quantitative estimate of drug-likeness (QED) is 0.703. The van der Waals surface area contributed by atoms with Gasteiger partial charge in [0.1, 0.15) is 6.23 Å². The van der Waals surface area contributed by atoms with Gasteiger partial charge < -0.3 is 9.84 Å². The SMILES string of the molecule is Cc1cn([C@@H]2O[C@H](CO)[C@H]2C)c(=O)[nH]c1=O. The van der Waals surface area contributed by atoms with Gasteiger partial charge in [0.15, 0.2) is 0 Å². The summed E-state index contributed by atoms with van der Waals surface area (Å²) in [5.74, 6) is 0.0491. The van der Waals surface area contributed by atoms with Crippen LogP contribution in [0.4, 0.5) is 0 Å². The monoisotopic (exact) mass is 226 g/mol. The van der Waals surface area contributed by atoms with E-state index >= 15 is 0 Å². The van der Waals surface area contributed by atoms with Crippen LogP contribution in [0.1, 0.15) is 18.7 Å². The minimum absolute atomic E-state index is 0.0491. The van der Waals surface area contributed by atoms with Crippen LogP contribution in [0.5, 0.6) is 0 Å². The van der Waals surface area contributed by atoms with Gasteiger partial charge in [-0.05, 0) is 6.92 Å². The molecule has 0 aromatic carbocycles. The molecule has 1 aliphatic rings. The average Bonchev–Trinajstić information content (AvgIpc) is 2.24. The second-order valence-electron chi connectivity index (χ2n) is 4.09. The highest BCUT2D eigenvalue weighted by Gasteiger charge is 2.40. The summed E-state index contributed by atoms with van der Waals surface area (Å²) in [5.41, 5.74) is -0.404. The topological polar surface area (TPSA) is 84.3 Å². The van der Waals surface area contributed by atoms with Crippen LogP contribution >= 0.6 is 0 Å². The Morgan fingerprint density at radius 3 is 2.81 bits per heavy atom. The normalized spacial score (nSPS) is 28.8. The third-order valence-corrected chi connectivity index (χ3v) is 2.95. The zero-order valence-electron chi connectivity index (χ0n) is 9.14. The lowest BCUT2D eigenvalue weighted by atomic mass is 9.97. The number of hydrogen-bond acceptors (Lipinski definition) is 4. The van der Waals surface area contributed by atoms with Gasteiger partial charge in [0.05, 0.1) is 12.7 Å². The summed E-state index contributed by atoms with van der Waals surface area (Å²) in [4.78, 5) is 24.9. The Labute approximate surface area is 91.5 Å². The Balaban J connectivity index is 2.33. The van der Waals surface area contributed by atoms with Gasteiger partial charge in [0, 0.05) is 17.7 Å². The molecule has 6 nitrogen and oxygen atoms in total. The fourth-order valence-electron chi connectivity index (χ4n) is 1.82. The molecular weight excluding hydrogens is 212 g/mol. The fourth-order valence-corrected chi connectivity index (χ4v) is 1.82. The average molecular weight is 226 g/mol. The summed E-state index contributed by atoms with van der Waals surface area (Å²) in [5, 5.41) is 8.92. The molecule has 2 rings (SSSR count). The lowest BCUT2D eigenvalue weighted by Gasteiger charge is -2.42. The van der Waals surface area contributed by atoms with E-state index in [-0.39, 0.29) is 24.2 Å². The molecular formula is C10H14N2O4. The predicted octanol–water partition coefficient (Wildman–Crippen LogP) is -0.629. The van der Waals surface area contributed by atoms with Crippen molar-refractivity contribution in [3.05, 3.63) is 32.6 Å². The van der Waals surface area contributed by atoms with Crippen LogP contribution < -0.4 is 11.2 Å². The third-order valence-electron chi connectivity index (χ3n) is 2.95. The maximum atomic E-state index is 11.5. The maximum Gasteiger partial charge on any atom is 0.330 e. The van der Waals surface area contributed by atoms with Crippen LogP contribution in [0.25, 0.3) is 0 Å². The summed E-state index contributed by atoms with van der Waals surface area (Å²) < 4.78 is 6.71. The number of nitrogens with zero attached hydrogens (tertiary/aromatic N) is 1. The summed E-state index contributed by atoms with van der Waals surface area (Å²) in [6.07, 6.45) is 0.847. The number of ether oxygens (including phenoxy) is 1. The summed E-state index contributed by atoms with van der Waals surface area (Å²) in [6, 6.07) is 0. The first kappa shape index (κ1) is 11.1. The van der Waals surface area contributed by atoms with Gasteiger partial charge in [-0.15, -0.1) is 0 Å². The lowest BCUT2D eigenvalue weighted by Crippen LogP contribution is -2.50. The van der Waals surface area contributed by atoms with Gasteiger partial charge in [0.25, 0.3) is 5.56 Å². The highest BCUT2D eigenvalue weighted by Crippen LogP contribution is 2.35. The minimum Gasteiger partial charge on any atom is -0.394 e. The zero-order chi connectivity index (χ0) is 11.9. The molecule has 1 aromatic rings. The number of aryl methyl sites for hydroxylation is 1. The van der Waals surface area contributed by atoms with E-state index in [0.717, 1.165) is 0 Å². The first-order valence-electron chi connectivity index (χ1n) is 5.13. The smallest absolute Gasteiger partial charge is 0.330 e. The minimum atomic E-state index is -0.483. The van der Waals surface area contributed by atoms with E-state index in [1.54, 1.807) is 6.92 Å². The molecule has 0 saturated carbocycles. The van der Waals surface area contributed by atoms with Gasteiger partial charge in [-0.3, -0.25) is 14.3 Å². The Morgan fingerprint density at radius 1 is 1.56 bits per heavy atom. The highest BCUT2D eigenvalue weighted by atomic mass is 16.5. The van der Waals surface area contributed by atoms with Crippen molar-refractivity contribution in [1.82, 2.24) is 9.55 Å². The molecule has 1 aliphatic heterocycles. The van der Waals surface area contributed by atoms with Gasteiger partial charge in [-0.2, -0.15) is 0 Å². The molecule has 3 atom stereocenters. The molecule has 1 aromatic heterocycles. The summed E-state index contributed by atoms with van der Waals surface area (Å²) in [7, 11) is 0. The molecule has 6 heteroatoms. The van der Waals surface area contributed by atoms with E-state index in [1.165, 1.54) is 10.8 Å². The van der Waals surface area contributed by atoms with E-state index in [2.05, 4.69) is 4.98 Å². The zero-order valence-corrected chi connectivity index (χ0v) is 9.14. The van der Waals surface area contributed by atoms with Crippen molar-refractivity contribution in [2.75, 3.05) is 6.61 Å². The van der Waals surface area contributed by atoms with Crippen LogP contribution in [-0.2, 0) is 4.74 Å². The van der Waals surface area contributed by atoms with Crippen molar-refractivity contribution in [3.8, 4) is 0 Å². The van der Waals surface area contributed by atoms with E-state index in [4.69, 9.17) is 9.84 Å². The Morgan fingerprint density at radius 2 is 2.25 bits per heavy atom. The predicted molar refractivity (Wildman–Crippen MR) is 56.2 cm³/mol. The van der Waals surface area contributed by atoms with Crippen molar-refractivity contribution < 1.29 is 9.84 Å². The molecule has 0 spiro atoms. The van der Waals surface area contributed by atoms with Crippen LogP contribution in [-0.4, -0.2) is 27.4 Å². The number of aliphatic hydroxyl groups excluding tert-OH is 1. The number of aromatic amines is 1. The van der Waals surface area contributed by atoms with Crippen LogP contribution in [0.15, 0.2) is 15.8 Å². The van der Waals surface area contributed by atoms with Gasteiger partial charge in [0.2, 0.25) is 0 Å². The van der Waals surface area contributed by atoms with Crippen LogP contribution in [0.3, 0.4) is 0 Å². The van der Waals surface area contributed by atoms with Crippen molar-refractivity contribution >= 4 is 0 Å². The van der Waals surface area contributed by atoms with Crippen molar-refractivity contribution in [3.63, 3.8) is 0 Å². The van der Waals surface area contributed by atoms with Crippen molar-refractivity contribution in [1.29, 1.82) is 0 Å². The van der Waals surface area contributed by atoms with Gasteiger partial charge in [-0.1, -0.05) is 6.92 Å². The molecule has 2 heterocycles. The molecule has 88 valence electrons. The number of aromatic nitrogens is 2. The molecule has 0 unspecified atom stereocenters. The standard InChI is InChI=1S/C10H14N2O4/c1-5-3-12(10(15)11-8(5)14)9-6(2)7(4-13)16-9/h3,6-7,9,13H,4H2,1-2H3,(H,11,14,15)/t6-,7-,9-/m1/s1. The van der Waals surface area contributed by atoms with E-state index < -0.39 is 11.9 Å². The van der Waals surface area contributed by atoms with E-state index in [1.807, 2.05) is 6.92 Å².